The fourth-order valence-electron chi connectivity index (χ4n) is 1.69. The maximum Gasteiger partial charge on any atom is 0.247 e. The van der Waals surface area contributed by atoms with Crippen LogP contribution in [0.25, 0.3) is 0 Å². The average Bonchev–Trinajstić information content (AvgIpc) is 2.46. The van der Waals surface area contributed by atoms with Gasteiger partial charge >= 0.3 is 0 Å². The van der Waals surface area contributed by atoms with E-state index in [9.17, 15) is 13.2 Å². The van der Waals surface area contributed by atoms with Crippen molar-refractivity contribution in [3.8, 4) is 11.5 Å². The number of likely N-dealkylation sites (N-methyl/N-ethyl adjacent to an activating group) is 2. The highest BCUT2D eigenvalue weighted by Gasteiger charge is 2.27. The van der Waals surface area contributed by atoms with E-state index in [0.717, 1.165) is 4.31 Å². The first-order valence-corrected chi connectivity index (χ1v) is 7.75. The maximum absolute atomic E-state index is 12.5. The number of carbonyl (C=O) groups excluding carboxylic acids is 1. The van der Waals surface area contributed by atoms with Gasteiger partial charge in [0.05, 0.1) is 20.8 Å². The molecule has 1 aromatic rings. The van der Waals surface area contributed by atoms with Crippen molar-refractivity contribution in [2.75, 3.05) is 34.4 Å². The third-order valence-electron chi connectivity index (χ3n) is 2.80. The lowest BCUT2D eigenvalue weighted by Crippen LogP contribution is -2.38. The number of hydrogen-bond donors (Lipinski definition) is 1. The largest absolute Gasteiger partial charge is 0.497 e. The van der Waals surface area contributed by atoms with E-state index in [-0.39, 0.29) is 23.1 Å². The van der Waals surface area contributed by atoms with Crippen LogP contribution in [0.15, 0.2) is 23.1 Å². The molecule has 0 radical (unpaired) electrons. The summed E-state index contributed by atoms with van der Waals surface area (Å²) in [6.45, 7) is 1.93. The lowest BCUT2D eigenvalue weighted by atomic mass is 10.3. The van der Waals surface area contributed by atoms with E-state index in [2.05, 4.69) is 5.32 Å². The molecule has 0 fully saturated rings. The zero-order valence-corrected chi connectivity index (χ0v) is 13.4. The first kappa shape index (κ1) is 17.3. The molecule has 0 aliphatic carbocycles. The Balaban J connectivity index is 3.14. The number of benzene rings is 1. The number of methoxy groups -OCH3 is 2. The van der Waals surface area contributed by atoms with E-state index in [0.29, 0.717) is 12.3 Å². The predicted molar refractivity (Wildman–Crippen MR) is 78.0 cm³/mol. The molecule has 0 unspecified atom stereocenters. The highest BCUT2D eigenvalue weighted by molar-refractivity contribution is 7.89. The molecule has 0 atom stereocenters. The molecule has 8 heteroatoms. The van der Waals surface area contributed by atoms with Gasteiger partial charge in [-0.25, -0.2) is 8.42 Å². The summed E-state index contributed by atoms with van der Waals surface area (Å²) in [6, 6.07) is 4.47. The molecule has 0 saturated carbocycles. The van der Waals surface area contributed by atoms with Crippen LogP contribution in [-0.2, 0) is 14.8 Å². The topological polar surface area (TPSA) is 84.9 Å². The number of hydrogen-bond acceptors (Lipinski definition) is 5. The molecule has 21 heavy (non-hydrogen) atoms. The molecule has 1 N–H and O–H groups in total. The van der Waals surface area contributed by atoms with Gasteiger partial charge in [0.2, 0.25) is 15.9 Å². The number of rotatable bonds is 7. The number of amides is 1. The van der Waals surface area contributed by atoms with E-state index >= 15 is 0 Å². The Morgan fingerprint density at radius 1 is 1.29 bits per heavy atom. The summed E-state index contributed by atoms with van der Waals surface area (Å²) in [7, 11) is 0.297. The molecular formula is C13H20N2O5S. The second kappa shape index (κ2) is 7.28. The van der Waals surface area contributed by atoms with Crippen LogP contribution in [0.5, 0.6) is 11.5 Å². The van der Waals surface area contributed by atoms with Crippen LogP contribution in [0.4, 0.5) is 0 Å². The molecule has 0 heterocycles. The van der Waals surface area contributed by atoms with Gasteiger partial charge in [-0.1, -0.05) is 0 Å². The number of nitrogens with zero attached hydrogens (tertiary/aromatic N) is 1. The third-order valence-corrected chi connectivity index (χ3v) is 4.62. The minimum Gasteiger partial charge on any atom is -0.497 e. The highest BCUT2D eigenvalue weighted by Crippen LogP contribution is 2.29. The number of ether oxygens (including phenoxy) is 2. The first-order chi connectivity index (χ1) is 9.86. The summed E-state index contributed by atoms with van der Waals surface area (Å²) >= 11 is 0. The van der Waals surface area contributed by atoms with Gasteiger partial charge in [-0.2, -0.15) is 4.31 Å². The summed E-state index contributed by atoms with van der Waals surface area (Å²) in [5.74, 6) is 0.213. The molecule has 0 aliphatic heterocycles. The molecular weight excluding hydrogens is 296 g/mol. The predicted octanol–water partition coefficient (Wildman–Crippen LogP) is 0.460. The fourth-order valence-corrected chi connectivity index (χ4v) is 2.99. The van der Waals surface area contributed by atoms with E-state index < -0.39 is 10.0 Å². The SMILES string of the molecule is CCNC(=O)CN(C)S(=O)(=O)c1cc(OC)ccc1OC. The quantitative estimate of drug-likeness (QED) is 0.790. The van der Waals surface area contributed by atoms with Gasteiger partial charge < -0.3 is 14.8 Å². The van der Waals surface area contributed by atoms with Crippen molar-refractivity contribution in [1.29, 1.82) is 0 Å². The third kappa shape index (κ3) is 4.08. The molecule has 1 amide bonds. The Bertz CT molecular complexity index is 601. The van der Waals surface area contributed by atoms with Gasteiger partial charge in [-0.3, -0.25) is 4.79 Å². The smallest absolute Gasteiger partial charge is 0.247 e. The zero-order chi connectivity index (χ0) is 16.0. The monoisotopic (exact) mass is 316 g/mol. The summed E-state index contributed by atoms with van der Waals surface area (Å²) in [4.78, 5) is 11.5. The molecule has 0 aromatic heterocycles. The molecule has 0 bridgehead atoms. The Morgan fingerprint density at radius 2 is 1.95 bits per heavy atom. The van der Waals surface area contributed by atoms with Crippen LogP contribution in [-0.4, -0.2) is 53.0 Å². The van der Waals surface area contributed by atoms with Crippen molar-refractivity contribution in [3.63, 3.8) is 0 Å². The molecule has 0 spiro atoms. The van der Waals surface area contributed by atoms with E-state index in [4.69, 9.17) is 9.47 Å². The molecule has 1 aromatic carbocycles. The normalized spacial score (nSPS) is 11.3. The van der Waals surface area contributed by atoms with Gasteiger partial charge in [-0.15, -0.1) is 0 Å². The van der Waals surface area contributed by atoms with Gasteiger partial charge in [0.1, 0.15) is 16.4 Å². The molecule has 0 aliphatic rings. The van der Waals surface area contributed by atoms with Crippen molar-refractivity contribution in [2.45, 2.75) is 11.8 Å². The first-order valence-electron chi connectivity index (χ1n) is 6.31. The summed E-state index contributed by atoms with van der Waals surface area (Å²) in [5, 5.41) is 2.55. The van der Waals surface area contributed by atoms with Crippen LogP contribution in [0.3, 0.4) is 0 Å². The maximum atomic E-state index is 12.5. The Labute approximate surface area is 124 Å². The van der Waals surface area contributed by atoms with Crippen LogP contribution in [0, 0.1) is 0 Å². The van der Waals surface area contributed by atoms with Gasteiger partial charge in [-0.05, 0) is 19.1 Å². The van der Waals surface area contributed by atoms with E-state index in [1.54, 1.807) is 13.0 Å². The number of sulfonamides is 1. The minimum atomic E-state index is -3.86. The van der Waals surface area contributed by atoms with Crippen LogP contribution < -0.4 is 14.8 Å². The number of carbonyl (C=O) groups is 1. The zero-order valence-electron chi connectivity index (χ0n) is 12.5. The lowest BCUT2D eigenvalue weighted by Gasteiger charge is -2.18. The average molecular weight is 316 g/mol. The Kier molecular flexibility index (Phi) is 5.98. The Morgan fingerprint density at radius 3 is 2.48 bits per heavy atom. The standard InChI is InChI=1S/C13H20N2O5S/c1-5-14-13(16)9-15(2)21(17,18)12-8-10(19-3)6-7-11(12)20-4/h6-8H,5,9H2,1-4H3,(H,14,16). The van der Waals surface area contributed by atoms with Crippen molar-refractivity contribution in [3.05, 3.63) is 18.2 Å². The Hall–Kier alpha value is -1.80. The second-order valence-corrected chi connectivity index (χ2v) is 6.24. The summed E-state index contributed by atoms with van der Waals surface area (Å²) in [6.07, 6.45) is 0. The van der Waals surface area contributed by atoms with E-state index in [1.165, 1.54) is 33.4 Å². The van der Waals surface area contributed by atoms with Crippen molar-refractivity contribution in [1.82, 2.24) is 9.62 Å². The lowest BCUT2D eigenvalue weighted by molar-refractivity contribution is -0.121. The molecule has 0 saturated heterocycles. The van der Waals surface area contributed by atoms with E-state index in [1.807, 2.05) is 0 Å². The van der Waals surface area contributed by atoms with Gasteiger partial charge in [0.15, 0.2) is 0 Å². The van der Waals surface area contributed by atoms with Crippen LogP contribution in [0.1, 0.15) is 6.92 Å². The van der Waals surface area contributed by atoms with Crippen molar-refractivity contribution < 1.29 is 22.7 Å². The molecule has 1 rings (SSSR count). The molecule has 118 valence electrons. The number of nitrogens with one attached hydrogen (secondary N) is 1. The fraction of sp³-hybridized carbons (Fsp3) is 0.462. The van der Waals surface area contributed by atoms with Crippen molar-refractivity contribution in [2.24, 2.45) is 0 Å². The summed E-state index contributed by atoms with van der Waals surface area (Å²) < 4.78 is 36.1. The molecule has 7 nitrogen and oxygen atoms in total. The van der Waals surface area contributed by atoms with Gasteiger partial charge in [0, 0.05) is 19.7 Å². The van der Waals surface area contributed by atoms with Crippen LogP contribution >= 0.6 is 0 Å². The van der Waals surface area contributed by atoms with Crippen molar-refractivity contribution >= 4 is 15.9 Å². The highest BCUT2D eigenvalue weighted by atomic mass is 32.2. The second-order valence-electron chi connectivity index (χ2n) is 4.23. The minimum absolute atomic E-state index is 0.0452. The van der Waals surface area contributed by atoms with Crippen LogP contribution in [0.2, 0.25) is 0 Å². The summed E-state index contributed by atoms with van der Waals surface area (Å²) in [5.41, 5.74) is 0. The van der Waals surface area contributed by atoms with Gasteiger partial charge in [0.25, 0.3) is 0 Å².